The van der Waals surface area contributed by atoms with Gasteiger partial charge < -0.3 is 10.5 Å². The fourth-order valence-electron chi connectivity index (χ4n) is 2.69. The number of hydrogen-bond donors (Lipinski definition) is 1. The summed E-state index contributed by atoms with van der Waals surface area (Å²) in [7, 11) is 1.63. The first kappa shape index (κ1) is 13.7. The van der Waals surface area contributed by atoms with Gasteiger partial charge in [0, 0.05) is 11.5 Å². The Kier molecular flexibility index (Phi) is 4.89. The average molecular weight is 269 g/mol. The summed E-state index contributed by atoms with van der Waals surface area (Å²) < 4.78 is 18.8. The van der Waals surface area contributed by atoms with E-state index in [0.29, 0.717) is 12.5 Å². The lowest BCUT2D eigenvalue weighted by molar-refractivity contribution is 0.367. The van der Waals surface area contributed by atoms with Crippen LogP contribution >= 0.6 is 11.8 Å². The van der Waals surface area contributed by atoms with Gasteiger partial charge in [0.25, 0.3) is 0 Å². The smallest absolute Gasteiger partial charge is 0.123 e. The molecule has 1 aliphatic heterocycles. The van der Waals surface area contributed by atoms with Crippen LogP contribution < -0.4 is 10.5 Å². The zero-order valence-electron chi connectivity index (χ0n) is 10.7. The largest absolute Gasteiger partial charge is 0.496 e. The zero-order chi connectivity index (χ0) is 13.0. The molecule has 100 valence electrons. The molecule has 1 atom stereocenters. The fourth-order valence-corrected chi connectivity index (χ4v) is 3.83. The number of nitrogens with two attached hydrogens (primary N) is 1. The van der Waals surface area contributed by atoms with Crippen LogP contribution in [0.1, 0.15) is 24.3 Å². The summed E-state index contributed by atoms with van der Waals surface area (Å²) in [4.78, 5) is 0. The molecule has 0 spiro atoms. The van der Waals surface area contributed by atoms with E-state index in [1.165, 1.54) is 17.6 Å². The van der Waals surface area contributed by atoms with E-state index in [1.54, 1.807) is 19.2 Å². The van der Waals surface area contributed by atoms with Gasteiger partial charge >= 0.3 is 0 Å². The predicted octanol–water partition coefficient (Wildman–Crippen LogP) is 3.02. The predicted molar refractivity (Wildman–Crippen MR) is 74.8 cm³/mol. The Labute approximate surface area is 112 Å². The van der Waals surface area contributed by atoms with E-state index in [2.05, 4.69) is 0 Å². The number of rotatable bonds is 4. The van der Waals surface area contributed by atoms with Crippen molar-refractivity contribution in [3.05, 3.63) is 29.6 Å². The second-order valence-corrected chi connectivity index (χ2v) is 5.90. The second-order valence-electron chi connectivity index (χ2n) is 4.68. The lowest BCUT2D eigenvalue weighted by Gasteiger charge is -2.30. The molecule has 0 aromatic heterocycles. The first-order valence-electron chi connectivity index (χ1n) is 6.37. The van der Waals surface area contributed by atoms with Crippen molar-refractivity contribution >= 4 is 11.8 Å². The molecule has 0 bridgehead atoms. The normalized spacial score (nSPS) is 18.6. The summed E-state index contributed by atoms with van der Waals surface area (Å²) in [5.74, 6) is 3.65. The van der Waals surface area contributed by atoms with Crippen molar-refractivity contribution in [2.24, 2.45) is 11.7 Å². The molecule has 1 aromatic carbocycles. The first-order valence-corrected chi connectivity index (χ1v) is 7.53. The fraction of sp³-hybridized carbons (Fsp3) is 0.571. The lowest BCUT2D eigenvalue weighted by atomic mass is 9.82. The molecule has 0 amide bonds. The van der Waals surface area contributed by atoms with E-state index < -0.39 is 0 Å². The molecule has 0 radical (unpaired) electrons. The number of thioether (sulfide) groups is 1. The Balaban J connectivity index is 2.27. The third-order valence-electron chi connectivity index (χ3n) is 3.68. The highest BCUT2D eigenvalue weighted by Crippen LogP contribution is 2.38. The Morgan fingerprint density at radius 1 is 1.44 bits per heavy atom. The van der Waals surface area contributed by atoms with Gasteiger partial charge in [0.1, 0.15) is 11.6 Å². The van der Waals surface area contributed by atoms with Crippen molar-refractivity contribution in [1.29, 1.82) is 0 Å². The molecule has 1 saturated heterocycles. The molecule has 1 heterocycles. The molecule has 0 saturated carbocycles. The summed E-state index contributed by atoms with van der Waals surface area (Å²) in [5.41, 5.74) is 6.85. The van der Waals surface area contributed by atoms with Crippen molar-refractivity contribution in [2.45, 2.75) is 18.8 Å². The summed E-state index contributed by atoms with van der Waals surface area (Å²) in [6, 6.07) is 4.72. The summed E-state index contributed by atoms with van der Waals surface area (Å²) in [5, 5.41) is 0. The molecule has 0 aliphatic carbocycles. The van der Waals surface area contributed by atoms with Crippen LogP contribution in [-0.4, -0.2) is 25.2 Å². The molecule has 1 aromatic rings. The Morgan fingerprint density at radius 3 is 2.78 bits per heavy atom. The van der Waals surface area contributed by atoms with E-state index in [-0.39, 0.29) is 11.7 Å². The average Bonchev–Trinajstić information content (AvgIpc) is 2.41. The van der Waals surface area contributed by atoms with E-state index >= 15 is 0 Å². The number of halogens is 1. The highest BCUT2D eigenvalue weighted by atomic mass is 32.2. The van der Waals surface area contributed by atoms with Gasteiger partial charge in [-0.15, -0.1) is 0 Å². The van der Waals surface area contributed by atoms with Crippen molar-refractivity contribution < 1.29 is 9.13 Å². The van der Waals surface area contributed by atoms with Gasteiger partial charge in [0.15, 0.2) is 0 Å². The third kappa shape index (κ3) is 2.98. The molecule has 2 rings (SSSR count). The Hall–Kier alpha value is -0.740. The van der Waals surface area contributed by atoms with Crippen LogP contribution in [-0.2, 0) is 0 Å². The van der Waals surface area contributed by atoms with Crippen LogP contribution in [0.25, 0.3) is 0 Å². The Morgan fingerprint density at radius 2 is 2.17 bits per heavy atom. The van der Waals surface area contributed by atoms with Crippen molar-refractivity contribution in [3.8, 4) is 5.75 Å². The van der Waals surface area contributed by atoms with Crippen molar-refractivity contribution in [1.82, 2.24) is 0 Å². The van der Waals surface area contributed by atoms with Gasteiger partial charge in [0.2, 0.25) is 0 Å². The highest BCUT2D eigenvalue weighted by molar-refractivity contribution is 7.99. The van der Waals surface area contributed by atoms with Crippen LogP contribution in [0, 0.1) is 11.7 Å². The maximum absolute atomic E-state index is 13.4. The molecule has 1 unspecified atom stereocenters. The van der Waals surface area contributed by atoms with Crippen LogP contribution in [0.5, 0.6) is 5.75 Å². The number of ether oxygens (including phenoxy) is 1. The van der Waals surface area contributed by atoms with Crippen LogP contribution in [0.4, 0.5) is 4.39 Å². The lowest BCUT2D eigenvalue weighted by Crippen LogP contribution is -2.25. The molecule has 4 heteroatoms. The minimum absolute atomic E-state index is 0.205. The molecule has 2 N–H and O–H groups in total. The van der Waals surface area contributed by atoms with Crippen LogP contribution in [0.3, 0.4) is 0 Å². The maximum atomic E-state index is 13.4. The summed E-state index contributed by atoms with van der Waals surface area (Å²) in [6.07, 6.45) is 2.32. The standard InChI is InChI=1S/C14H20FNOS/c1-17-14-3-2-11(15)8-12(14)13(9-16)10-4-6-18-7-5-10/h2-3,8,10,13H,4-7,9,16H2,1H3. The maximum Gasteiger partial charge on any atom is 0.123 e. The van der Waals surface area contributed by atoms with E-state index in [4.69, 9.17) is 10.5 Å². The molecule has 1 fully saturated rings. The molecular formula is C14H20FNOS. The van der Waals surface area contributed by atoms with Crippen molar-refractivity contribution in [2.75, 3.05) is 25.2 Å². The van der Waals surface area contributed by atoms with Gasteiger partial charge in [-0.2, -0.15) is 11.8 Å². The molecule has 2 nitrogen and oxygen atoms in total. The molecular weight excluding hydrogens is 249 g/mol. The number of benzene rings is 1. The topological polar surface area (TPSA) is 35.2 Å². The SMILES string of the molecule is COc1ccc(F)cc1C(CN)C1CCSCC1. The molecule has 1 aliphatic rings. The van der Waals surface area contributed by atoms with Crippen molar-refractivity contribution in [3.63, 3.8) is 0 Å². The minimum Gasteiger partial charge on any atom is -0.496 e. The van der Waals surface area contributed by atoms with Crippen LogP contribution in [0.15, 0.2) is 18.2 Å². The van der Waals surface area contributed by atoms with E-state index in [1.807, 2.05) is 11.8 Å². The van der Waals surface area contributed by atoms with Gasteiger partial charge in [-0.3, -0.25) is 0 Å². The molecule has 18 heavy (non-hydrogen) atoms. The summed E-state index contributed by atoms with van der Waals surface area (Å²) >= 11 is 1.99. The summed E-state index contributed by atoms with van der Waals surface area (Å²) in [6.45, 7) is 0.551. The third-order valence-corrected chi connectivity index (χ3v) is 4.73. The number of hydrogen-bond acceptors (Lipinski definition) is 3. The van der Waals surface area contributed by atoms with Gasteiger partial charge in [-0.25, -0.2) is 4.39 Å². The second kappa shape index (κ2) is 6.43. The monoisotopic (exact) mass is 269 g/mol. The minimum atomic E-state index is -0.213. The van der Waals surface area contributed by atoms with Gasteiger partial charge in [-0.05, 0) is 55.0 Å². The first-order chi connectivity index (χ1) is 8.76. The van der Waals surface area contributed by atoms with E-state index in [9.17, 15) is 4.39 Å². The van der Waals surface area contributed by atoms with Crippen LogP contribution in [0.2, 0.25) is 0 Å². The van der Waals surface area contributed by atoms with Gasteiger partial charge in [-0.1, -0.05) is 0 Å². The number of methoxy groups -OCH3 is 1. The quantitative estimate of drug-likeness (QED) is 0.912. The Bertz CT molecular complexity index is 393. The van der Waals surface area contributed by atoms with E-state index in [0.717, 1.165) is 24.2 Å². The highest BCUT2D eigenvalue weighted by Gasteiger charge is 2.26. The zero-order valence-corrected chi connectivity index (χ0v) is 11.5. The van der Waals surface area contributed by atoms with Gasteiger partial charge in [0.05, 0.1) is 7.11 Å².